The number of allylic oxidation sites excluding steroid dienone is 2. The first-order valence-corrected chi connectivity index (χ1v) is 45.6. The van der Waals surface area contributed by atoms with Crippen molar-refractivity contribution < 1.29 is 0 Å². The van der Waals surface area contributed by atoms with Gasteiger partial charge in [-0.05, 0) is 264 Å². The number of benzene rings is 12. The van der Waals surface area contributed by atoms with Crippen LogP contribution in [-0.2, 0) is 56.2 Å². The molecular weight excluding hydrogens is 1500 g/mol. The number of aromatic nitrogens is 4. The van der Waals surface area contributed by atoms with Gasteiger partial charge < -0.3 is 27.7 Å². The lowest BCUT2D eigenvalue weighted by Gasteiger charge is -2.29. The highest BCUT2D eigenvalue weighted by Gasteiger charge is 2.41. The minimum atomic E-state index is -0.00630. The SMILES string of the molecule is Cc1c(/C=C2\Cc3cc(C(C)(C)C)cc4c5ccc(N(c6ccc(C(C)(C)C)cc6)c6ccc(C(C)(C)C)cc6)cc5n2c34)c2cc(C(C)(C)C)cc3c4cc(C(C)(C)C)ccc4n1c23.Cc1cccc(C)c1N(c1ccccc1)c1ccc2c3cc(C(C)(C)C)cc4c3n(c2c1)C1=Cc2c(n3c5ccc(C(C)(C)C)cc5c5cc(C(C)(C)C)cc2c53)CC14. The van der Waals surface area contributed by atoms with Gasteiger partial charge in [0.15, 0.2) is 0 Å². The van der Waals surface area contributed by atoms with E-state index in [9.17, 15) is 0 Å². The molecular formula is C118H124N6. The fourth-order valence-corrected chi connectivity index (χ4v) is 21.2. The van der Waals surface area contributed by atoms with Crippen LogP contribution in [0.3, 0.4) is 0 Å². The maximum atomic E-state index is 2.66. The van der Waals surface area contributed by atoms with Gasteiger partial charge in [0.1, 0.15) is 0 Å². The van der Waals surface area contributed by atoms with Crippen LogP contribution in [-0.4, -0.2) is 17.9 Å². The first-order chi connectivity index (χ1) is 58.3. The second-order valence-corrected chi connectivity index (χ2v) is 45.4. The predicted octanol–water partition coefficient (Wildman–Crippen LogP) is 33.0. The number of rotatable bonds is 7. The molecule has 0 N–H and O–H groups in total. The molecule has 6 nitrogen and oxygen atoms in total. The Kier molecular flexibility index (Phi) is 17.7. The summed E-state index contributed by atoms with van der Waals surface area (Å²) in [4.78, 5) is 4.92. The summed E-state index contributed by atoms with van der Waals surface area (Å²) in [7, 11) is 0. The number of fused-ring (bicyclic) bond motifs is 18. The zero-order valence-corrected chi connectivity index (χ0v) is 78.6. The van der Waals surface area contributed by atoms with Gasteiger partial charge in [-0.3, -0.25) is 0 Å². The molecule has 0 amide bonds. The van der Waals surface area contributed by atoms with Gasteiger partial charge in [-0.1, -0.05) is 263 Å². The standard InChI is InChI=1S/C62H69N3.C56H55N3/c1-37-49(52-33-43(62(14,15)16)34-53-50-31-41(60(8,9)10)21-28-54(50)63(37)57(52)53)35-47-30-38-29-42(61(11,12)13)32-51-48-27-26-46(36-55(48)65(47)56(38)51)64(44-22-17-39(18-23-44)58(2,3)4)45-24-19-40(20-25-45)59(5,6)7;1-32-16-15-17-33(2)51(32)57(37-18-13-12-14-19-37)38-21-22-39-43-25-35(55(6,7)8)27-45-42-30-49-41(31-50(42)59(52(43)45)48(39)29-38)46-28-36(56(9,10)11)26-44-40-24-34(54(3,4)5)20-23-47(40)58(49)53(44)46/h17-29,31-36H,30H2,1-16H3;12-29,31,42H,30H2,1-11H3/b47-35+;. The maximum absolute atomic E-state index is 2.66. The second kappa shape index (κ2) is 27.2. The fraction of sp³-hybridized carbons (Fsp3) is 0.322. The molecule has 0 spiro atoms. The third kappa shape index (κ3) is 12.7. The maximum Gasteiger partial charge on any atom is 0.0617 e. The Balaban J connectivity index is 0.000000158. The van der Waals surface area contributed by atoms with Crippen LogP contribution in [0.25, 0.3) is 122 Å². The summed E-state index contributed by atoms with van der Waals surface area (Å²) >= 11 is 0. The van der Waals surface area contributed by atoms with Crippen LogP contribution in [0.1, 0.15) is 261 Å². The lowest BCUT2D eigenvalue weighted by Crippen LogP contribution is -2.14. The normalized spacial score (nSPS) is 15.1. The predicted molar refractivity (Wildman–Crippen MR) is 538 cm³/mol. The summed E-state index contributed by atoms with van der Waals surface area (Å²) in [5.74, 6) is 0.253. The summed E-state index contributed by atoms with van der Waals surface area (Å²) in [6, 6.07) is 84.9. The highest BCUT2D eigenvalue weighted by molar-refractivity contribution is 6.22. The van der Waals surface area contributed by atoms with E-state index in [0.717, 1.165) is 29.9 Å². The van der Waals surface area contributed by atoms with Crippen molar-refractivity contribution in [2.45, 2.75) is 249 Å². The highest BCUT2D eigenvalue weighted by atomic mass is 15.2. The molecule has 3 aliphatic rings. The molecule has 0 fully saturated rings. The van der Waals surface area contributed by atoms with Crippen LogP contribution < -0.4 is 9.80 Å². The zero-order chi connectivity index (χ0) is 87.6. The van der Waals surface area contributed by atoms with E-state index in [1.54, 1.807) is 0 Å². The van der Waals surface area contributed by atoms with E-state index in [2.05, 4.69) is 445 Å². The molecule has 0 radical (unpaired) electrons. The minimum absolute atomic E-state index is 0.00630. The van der Waals surface area contributed by atoms with E-state index in [0.29, 0.717) is 0 Å². The van der Waals surface area contributed by atoms with Crippen molar-refractivity contribution in [2.24, 2.45) is 0 Å². The van der Waals surface area contributed by atoms with Gasteiger partial charge in [0.25, 0.3) is 0 Å². The number of hydrogen-bond acceptors (Lipinski definition) is 2. The van der Waals surface area contributed by atoms with Crippen LogP contribution in [0.2, 0.25) is 0 Å². The molecule has 124 heavy (non-hydrogen) atoms. The zero-order valence-electron chi connectivity index (χ0n) is 78.6. The molecule has 626 valence electrons. The third-order valence-electron chi connectivity index (χ3n) is 28.4. The summed E-state index contributed by atoms with van der Waals surface area (Å²) in [5, 5.41) is 13.5. The van der Waals surface area contributed by atoms with Crippen LogP contribution in [0.15, 0.2) is 218 Å². The molecule has 1 atom stereocenters. The fourth-order valence-electron chi connectivity index (χ4n) is 21.2. The number of anilines is 6. The van der Waals surface area contributed by atoms with Crippen molar-refractivity contribution in [2.75, 3.05) is 9.80 Å². The average Bonchev–Trinajstić information content (AvgIpc) is 1.51. The third-order valence-corrected chi connectivity index (χ3v) is 28.4. The molecule has 8 heterocycles. The van der Waals surface area contributed by atoms with E-state index in [4.69, 9.17) is 0 Å². The van der Waals surface area contributed by atoms with Crippen molar-refractivity contribution in [3.63, 3.8) is 0 Å². The highest BCUT2D eigenvalue weighted by Crippen LogP contribution is 2.57. The lowest BCUT2D eigenvalue weighted by atomic mass is 9.80. The van der Waals surface area contributed by atoms with Crippen molar-refractivity contribution in [3.05, 3.63) is 308 Å². The van der Waals surface area contributed by atoms with Crippen LogP contribution in [0, 0.1) is 20.8 Å². The van der Waals surface area contributed by atoms with Crippen molar-refractivity contribution >= 4 is 156 Å². The van der Waals surface area contributed by atoms with Crippen LogP contribution in [0.4, 0.5) is 34.1 Å². The number of aryl methyl sites for hydroxylation is 3. The molecule has 2 aliphatic heterocycles. The number of hydrogen-bond donors (Lipinski definition) is 0. The largest absolute Gasteiger partial charge is 0.312 e. The smallest absolute Gasteiger partial charge is 0.0617 e. The van der Waals surface area contributed by atoms with E-state index >= 15 is 0 Å². The van der Waals surface area contributed by atoms with Gasteiger partial charge in [0.05, 0.1) is 49.8 Å². The van der Waals surface area contributed by atoms with Gasteiger partial charge in [0, 0.05) is 135 Å². The molecule has 0 saturated carbocycles. The van der Waals surface area contributed by atoms with E-state index in [1.807, 2.05) is 0 Å². The molecule has 21 rings (SSSR count). The Morgan fingerprint density at radius 3 is 1.22 bits per heavy atom. The lowest BCUT2D eigenvalue weighted by molar-refractivity contribution is 0.589. The molecule has 1 unspecified atom stereocenters. The Morgan fingerprint density at radius 1 is 0.306 bits per heavy atom. The van der Waals surface area contributed by atoms with Gasteiger partial charge in [-0.15, -0.1) is 0 Å². The first kappa shape index (κ1) is 80.8. The Morgan fingerprint density at radius 2 is 0.710 bits per heavy atom. The van der Waals surface area contributed by atoms with Gasteiger partial charge in [0.2, 0.25) is 0 Å². The van der Waals surface area contributed by atoms with E-state index in [1.165, 1.54) is 216 Å². The molecule has 18 aromatic rings. The molecule has 6 aromatic heterocycles. The first-order valence-electron chi connectivity index (χ1n) is 45.6. The quantitative estimate of drug-likeness (QED) is 0.159. The molecule has 6 heteroatoms. The topological polar surface area (TPSA) is 25.2 Å². The van der Waals surface area contributed by atoms with Gasteiger partial charge in [-0.2, -0.15) is 0 Å². The second-order valence-electron chi connectivity index (χ2n) is 45.4. The van der Waals surface area contributed by atoms with Gasteiger partial charge in [-0.25, -0.2) is 0 Å². The van der Waals surface area contributed by atoms with Crippen LogP contribution in [0.5, 0.6) is 0 Å². The summed E-state index contributed by atoms with van der Waals surface area (Å²) in [6.07, 6.45) is 6.99. The summed E-state index contributed by atoms with van der Waals surface area (Å²) in [5.41, 5.74) is 42.5. The average molecular weight is 1630 g/mol. The van der Waals surface area contributed by atoms with E-state index in [-0.39, 0.29) is 49.2 Å². The minimum Gasteiger partial charge on any atom is -0.312 e. The summed E-state index contributed by atoms with van der Waals surface area (Å²) < 4.78 is 10.5. The number of nitrogens with zero attached hydrogens (tertiary/aromatic N) is 6. The Hall–Kier alpha value is -11.6. The molecule has 0 bridgehead atoms. The molecule has 12 aromatic carbocycles. The monoisotopic (exact) mass is 1620 g/mol. The van der Waals surface area contributed by atoms with Crippen LogP contribution >= 0.6 is 0 Å². The van der Waals surface area contributed by atoms with Crippen molar-refractivity contribution in [1.29, 1.82) is 0 Å². The summed E-state index contributed by atoms with van der Waals surface area (Å²) in [6.45, 7) is 62.8. The van der Waals surface area contributed by atoms with Gasteiger partial charge >= 0.3 is 0 Å². The van der Waals surface area contributed by atoms with E-state index < -0.39 is 0 Å². The molecule has 0 saturated heterocycles. The van der Waals surface area contributed by atoms with Crippen molar-refractivity contribution in [3.8, 4) is 0 Å². The van der Waals surface area contributed by atoms with Crippen molar-refractivity contribution in [1.82, 2.24) is 17.9 Å². The Bertz CT molecular complexity index is 7460. The molecule has 1 aliphatic carbocycles. The number of para-hydroxylation sites is 2. The Labute approximate surface area is 735 Å².